The number of hydrogen-bond donors (Lipinski definition) is 0. The normalized spacial score (nSPS) is 18.1. The van der Waals surface area contributed by atoms with E-state index in [-0.39, 0.29) is 18.4 Å². The molecule has 0 radical (unpaired) electrons. The minimum absolute atomic E-state index is 0.259. The Hall–Kier alpha value is -3.55. The van der Waals surface area contributed by atoms with Gasteiger partial charge in [0.15, 0.2) is 11.5 Å². The molecular weight excluding hydrogens is 410 g/mol. The minimum Gasteiger partial charge on any atom is -0.493 e. The number of imide groups is 1. The number of urea groups is 1. The van der Waals surface area contributed by atoms with Crippen molar-refractivity contribution in [3.63, 3.8) is 0 Å². The lowest BCUT2D eigenvalue weighted by atomic mass is 9.98. The third-order valence-corrected chi connectivity index (χ3v) is 6.12. The summed E-state index contributed by atoms with van der Waals surface area (Å²) in [5.74, 6) is 0.635. The van der Waals surface area contributed by atoms with Crippen LogP contribution in [-0.4, -0.2) is 61.0 Å². The van der Waals surface area contributed by atoms with Crippen molar-refractivity contribution in [3.05, 3.63) is 53.1 Å². The molecule has 2 aliphatic heterocycles. The van der Waals surface area contributed by atoms with Gasteiger partial charge in [-0.25, -0.2) is 4.79 Å². The Morgan fingerprint density at radius 1 is 1.03 bits per heavy atom. The molecule has 2 heterocycles. The number of carbonyl (C=O) groups excluding carboxylic acids is 3. The molecule has 2 aromatic rings. The lowest BCUT2D eigenvalue weighted by Crippen LogP contribution is -2.45. The van der Waals surface area contributed by atoms with Crippen molar-refractivity contribution in [1.29, 1.82) is 0 Å². The minimum atomic E-state index is -0.656. The highest BCUT2D eigenvalue weighted by Gasteiger charge is 2.44. The third-order valence-electron chi connectivity index (χ3n) is 6.12. The molecule has 0 bridgehead atoms. The molecule has 4 amide bonds. The highest BCUT2D eigenvalue weighted by molar-refractivity contribution is 6.15. The number of hydrogen-bond acceptors (Lipinski definition) is 5. The number of nitrogens with zero attached hydrogens (tertiary/aromatic N) is 3. The second-order valence-corrected chi connectivity index (χ2v) is 8.13. The number of rotatable bonds is 5. The summed E-state index contributed by atoms with van der Waals surface area (Å²) in [5, 5.41) is 0. The zero-order chi connectivity index (χ0) is 23.0. The van der Waals surface area contributed by atoms with Crippen molar-refractivity contribution in [2.24, 2.45) is 0 Å². The van der Waals surface area contributed by atoms with E-state index in [0.717, 1.165) is 21.6 Å². The Labute approximate surface area is 187 Å². The summed E-state index contributed by atoms with van der Waals surface area (Å²) in [4.78, 5) is 43.0. The number of ether oxygens (including phenoxy) is 2. The van der Waals surface area contributed by atoms with E-state index in [1.807, 2.05) is 43.3 Å². The molecule has 0 aliphatic carbocycles. The van der Waals surface area contributed by atoms with Gasteiger partial charge in [0.25, 0.3) is 5.91 Å². The average molecular weight is 437 g/mol. The van der Waals surface area contributed by atoms with Crippen LogP contribution >= 0.6 is 0 Å². The number of amides is 4. The van der Waals surface area contributed by atoms with Crippen LogP contribution in [-0.2, 0) is 22.6 Å². The Morgan fingerprint density at radius 2 is 1.66 bits per heavy atom. The smallest absolute Gasteiger partial charge is 0.332 e. The van der Waals surface area contributed by atoms with Gasteiger partial charge in [-0.3, -0.25) is 19.4 Å². The number of aryl methyl sites for hydroxylation is 1. The van der Waals surface area contributed by atoms with Gasteiger partial charge in [0, 0.05) is 18.8 Å². The van der Waals surface area contributed by atoms with Crippen molar-refractivity contribution in [1.82, 2.24) is 9.80 Å². The van der Waals surface area contributed by atoms with Gasteiger partial charge < -0.3 is 14.4 Å². The van der Waals surface area contributed by atoms with Gasteiger partial charge in [0.05, 0.1) is 14.2 Å². The standard InChI is InChI=1S/C24H27N3O5/c1-15-5-7-19(8-6-15)27-16(2)23(29)26(24(27)30)14-22(28)25-10-9-17-11-20(31-3)21(32-4)12-18(17)13-25/h5-8,11-12,16H,9-10,13-14H2,1-4H3. The zero-order valence-electron chi connectivity index (χ0n) is 18.8. The number of methoxy groups -OCH3 is 2. The van der Waals surface area contributed by atoms with Gasteiger partial charge in [0.1, 0.15) is 12.6 Å². The summed E-state index contributed by atoms with van der Waals surface area (Å²) in [7, 11) is 3.16. The second-order valence-electron chi connectivity index (χ2n) is 8.13. The SMILES string of the molecule is COc1cc2c(cc1OC)CN(C(=O)CN1C(=O)C(C)N(c3ccc(C)cc3)C1=O)CC2. The quantitative estimate of drug-likeness (QED) is 0.672. The first-order valence-corrected chi connectivity index (χ1v) is 10.6. The van der Waals surface area contributed by atoms with Crippen LogP contribution in [0.15, 0.2) is 36.4 Å². The fraction of sp³-hybridized carbons (Fsp3) is 0.375. The largest absolute Gasteiger partial charge is 0.493 e. The number of fused-ring (bicyclic) bond motifs is 1. The summed E-state index contributed by atoms with van der Waals surface area (Å²) < 4.78 is 10.7. The van der Waals surface area contributed by atoms with Gasteiger partial charge >= 0.3 is 6.03 Å². The van der Waals surface area contributed by atoms with Gasteiger partial charge in [-0.05, 0) is 55.7 Å². The van der Waals surface area contributed by atoms with E-state index >= 15 is 0 Å². The fourth-order valence-electron chi connectivity index (χ4n) is 4.24. The molecule has 8 nitrogen and oxygen atoms in total. The van der Waals surface area contributed by atoms with E-state index in [0.29, 0.717) is 36.7 Å². The van der Waals surface area contributed by atoms with Crippen LogP contribution in [0.4, 0.5) is 10.5 Å². The van der Waals surface area contributed by atoms with Gasteiger partial charge in [-0.15, -0.1) is 0 Å². The first kappa shape index (κ1) is 21.7. The Bertz CT molecular complexity index is 1070. The van der Waals surface area contributed by atoms with Crippen molar-refractivity contribution in [3.8, 4) is 11.5 Å². The van der Waals surface area contributed by atoms with Crippen LogP contribution in [0.2, 0.25) is 0 Å². The van der Waals surface area contributed by atoms with Crippen LogP contribution in [0, 0.1) is 6.92 Å². The highest BCUT2D eigenvalue weighted by Crippen LogP contribution is 2.33. The predicted octanol–water partition coefficient (Wildman–Crippen LogP) is 2.75. The maximum atomic E-state index is 13.0. The molecule has 0 spiro atoms. The summed E-state index contributed by atoms with van der Waals surface area (Å²) in [6.07, 6.45) is 0.662. The summed E-state index contributed by atoms with van der Waals surface area (Å²) >= 11 is 0. The first-order chi connectivity index (χ1) is 15.3. The van der Waals surface area contributed by atoms with Crippen molar-refractivity contribution >= 4 is 23.5 Å². The molecule has 32 heavy (non-hydrogen) atoms. The summed E-state index contributed by atoms with van der Waals surface area (Å²) in [6, 6.07) is 10.1. The predicted molar refractivity (Wildman–Crippen MR) is 119 cm³/mol. The third kappa shape index (κ3) is 3.77. The molecule has 2 aromatic carbocycles. The maximum absolute atomic E-state index is 13.0. The molecule has 1 atom stereocenters. The molecule has 4 rings (SSSR count). The van der Waals surface area contributed by atoms with Gasteiger partial charge in [0.2, 0.25) is 5.91 Å². The highest BCUT2D eigenvalue weighted by atomic mass is 16.5. The molecule has 1 saturated heterocycles. The van der Waals surface area contributed by atoms with E-state index < -0.39 is 12.1 Å². The van der Waals surface area contributed by atoms with Crippen molar-refractivity contribution < 1.29 is 23.9 Å². The van der Waals surface area contributed by atoms with E-state index in [1.165, 1.54) is 4.90 Å². The maximum Gasteiger partial charge on any atom is 0.332 e. The topological polar surface area (TPSA) is 79.4 Å². The lowest BCUT2D eigenvalue weighted by molar-refractivity contribution is -0.137. The Kier molecular flexibility index (Phi) is 5.78. The molecule has 0 saturated carbocycles. The van der Waals surface area contributed by atoms with Gasteiger partial charge in [-0.1, -0.05) is 17.7 Å². The Balaban J connectivity index is 1.49. The molecule has 0 N–H and O–H groups in total. The number of anilines is 1. The average Bonchev–Trinajstić information content (AvgIpc) is 3.01. The second kappa shape index (κ2) is 8.53. The van der Waals surface area contributed by atoms with Crippen LogP contribution in [0.1, 0.15) is 23.6 Å². The lowest BCUT2D eigenvalue weighted by Gasteiger charge is -2.30. The molecule has 0 aromatic heterocycles. The summed E-state index contributed by atoms with van der Waals surface area (Å²) in [6.45, 7) is 4.27. The van der Waals surface area contributed by atoms with Crippen LogP contribution in [0.3, 0.4) is 0 Å². The molecule has 168 valence electrons. The van der Waals surface area contributed by atoms with Crippen LogP contribution < -0.4 is 14.4 Å². The van der Waals surface area contributed by atoms with E-state index in [2.05, 4.69) is 0 Å². The molecular formula is C24H27N3O5. The zero-order valence-corrected chi connectivity index (χ0v) is 18.8. The molecule has 8 heteroatoms. The Morgan fingerprint density at radius 3 is 2.28 bits per heavy atom. The van der Waals surface area contributed by atoms with E-state index in [4.69, 9.17) is 9.47 Å². The van der Waals surface area contributed by atoms with Crippen molar-refractivity contribution in [2.75, 3.05) is 32.2 Å². The molecule has 1 unspecified atom stereocenters. The van der Waals surface area contributed by atoms with E-state index in [9.17, 15) is 14.4 Å². The molecule has 1 fully saturated rings. The van der Waals surface area contributed by atoms with Gasteiger partial charge in [-0.2, -0.15) is 0 Å². The number of carbonyl (C=O) groups is 3. The fourth-order valence-corrected chi connectivity index (χ4v) is 4.24. The summed E-state index contributed by atoms with van der Waals surface area (Å²) in [5.41, 5.74) is 3.77. The van der Waals surface area contributed by atoms with E-state index in [1.54, 1.807) is 26.0 Å². The van der Waals surface area contributed by atoms with Crippen LogP contribution in [0.25, 0.3) is 0 Å². The first-order valence-electron chi connectivity index (χ1n) is 10.6. The van der Waals surface area contributed by atoms with Crippen molar-refractivity contribution in [2.45, 2.75) is 32.9 Å². The molecule has 2 aliphatic rings. The number of benzene rings is 2. The monoisotopic (exact) mass is 437 g/mol. The van der Waals surface area contributed by atoms with Crippen LogP contribution in [0.5, 0.6) is 11.5 Å².